The highest BCUT2D eigenvalue weighted by Crippen LogP contribution is 2.34. The third-order valence-electron chi connectivity index (χ3n) is 6.00. The molecule has 1 saturated heterocycles. The number of carbonyl (C=O) groups excluding carboxylic acids is 2. The van der Waals surface area contributed by atoms with Crippen LogP contribution in [0.25, 0.3) is 0 Å². The van der Waals surface area contributed by atoms with Crippen LogP contribution in [0.15, 0.2) is 66.3 Å². The van der Waals surface area contributed by atoms with Gasteiger partial charge in [-0.05, 0) is 49.9 Å². The molecule has 2 aromatic carbocycles. The standard InChI is InChI=1S/C26H29N5O2S/c1-4-15-31-24(22-14-9-16-30(22)25(33)20-12-7-5-10-18(20)2)28-29-26(31)34-17-23(32)27-21-13-8-6-11-19(21)3/h4-8,10-13,22H,1,9,14-17H2,2-3H3,(H,27,32). The van der Waals surface area contributed by atoms with E-state index in [-0.39, 0.29) is 23.6 Å². The molecule has 1 atom stereocenters. The minimum atomic E-state index is -0.158. The number of rotatable bonds is 8. The number of aromatic nitrogens is 3. The van der Waals surface area contributed by atoms with E-state index < -0.39 is 0 Å². The highest BCUT2D eigenvalue weighted by Gasteiger charge is 2.35. The molecule has 1 unspecified atom stereocenters. The maximum absolute atomic E-state index is 13.3. The van der Waals surface area contributed by atoms with Crippen molar-refractivity contribution in [2.45, 2.75) is 44.4 Å². The lowest BCUT2D eigenvalue weighted by atomic mass is 10.1. The zero-order valence-corrected chi connectivity index (χ0v) is 20.3. The van der Waals surface area contributed by atoms with E-state index in [1.165, 1.54) is 11.8 Å². The zero-order chi connectivity index (χ0) is 24.1. The number of likely N-dealkylation sites (tertiary alicyclic amines) is 1. The zero-order valence-electron chi connectivity index (χ0n) is 19.5. The van der Waals surface area contributed by atoms with Crippen LogP contribution in [0.5, 0.6) is 0 Å². The van der Waals surface area contributed by atoms with Crippen molar-refractivity contribution < 1.29 is 9.59 Å². The van der Waals surface area contributed by atoms with E-state index >= 15 is 0 Å². The Kier molecular flexibility index (Phi) is 7.47. The van der Waals surface area contributed by atoms with Gasteiger partial charge in [-0.3, -0.25) is 9.59 Å². The highest BCUT2D eigenvalue weighted by atomic mass is 32.2. The summed E-state index contributed by atoms with van der Waals surface area (Å²) in [5.74, 6) is 0.855. The van der Waals surface area contributed by atoms with Gasteiger partial charge in [0.05, 0.1) is 11.8 Å². The van der Waals surface area contributed by atoms with E-state index in [1.54, 1.807) is 6.08 Å². The van der Waals surface area contributed by atoms with Crippen LogP contribution >= 0.6 is 11.8 Å². The molecule has 2 heterocycles. The molecule has 1 N–H and O–H groups in total. The summed E-state index contributed by atoms with van der Waals surface area (Å²) in [6.07, 6.45) is 3.52. The minimum Gasteiger partial charge on any atom is -0.328 e. The highest BCUT2D eigenvalue weighted by molar-refractivity contribution is 7.99. The van der Waals surface area contributed by atoms with Crippen LogP contribution in [0.1, 0.15) is 46.2 Å². The summed E-state index contributed by atoms with van der Waals surface area (Å²) in [4.78, 5) is 27.8. The monoisotopic (exact) mass is 475 g/mol. The molecule has 8 heteroatoms. The van der Waals surface area contributed by atoms with Crippen molar-refractivity contribution in [2.24, 2.45) is 0 Å². The maximum Gasteiger partial charge on any atom is 0.254 e. The van der Waals surface area contributed by atoms with Crippen LogP contribution in [-0.2, 0) is 11.3 Å². The number of hydrogen-bond acceptors (Lipinski definition) is 5. The van der Waals surface area contributed by atoms with E-state index in [2.05, 4.69) is 22.1 Å². The van der Waals surface area contributed by atoms with E-state index in [1.807, 2.05) is 71.8 Å². The predicted octanol–water partition coefficient (Wildman–Crippen LogP) is 4.79. The number of amides is 2. The number of anilines is 1. The van der Waals surface area contributed by atoms with Gasteiger partial charge >= 0.3 is 0 Å². The molecule has 0 spiro atoms. The molecule has 0 saturated carbocycles. The molecule has 176 valence electrons. The van der Waals surface area contributed by atoms with Crippen molar-refractivity contribution in [3.63, 3.8) is 0 Å². The lowest BCUT2D eigenvalue weighted by Crippen LogP contribution is -2.32. The van der Waals surface area contributed by atoms with Gasteiger partial charge in [0.15, 0.2) is 11.0 Å². The van der Waals surface area contributed by atoms with E-state index in [0.717, 1.165) is 35.5 Å². The van der Waals surface area contributed by atoms with Crippen molar-refractivity contribution in [2.75, 3.05) is 17.6 Å². The molecule has 1 aromatic heterocycles. The lowest BCUT2D eigenvalue weighted by Gasteiger charge is -2.25. The maximum atomic E-state index is 13.3. The van der Waals surface area contributed by atoms with Gasteiger partial charge in [-0.25, -0.2) is 0 Å². The molecule has 7 nitrogen and oxygen atoms in total. The SMILES string of the molecule is C=CCn1c(SCC(=O)Nc2ccccc2C)nnc1C1CCCN1C(=O)c1ccccc1C. The largest absolute Gasteiger partial charge is 0.328 e. The lowest BCUT2D eigenvalue weighted by molar-refractivity contribution is -0.113. The minimum absolute atomic E-state index is 0.0144. The predicted molar refractivity (Wildman–Crippen MR) is 135 cm³/mol. The van der Waals surface area contributed by atoms with E-state index in [9.17, 15) is 9.59 Å². The Morgan fingerprint density at radius 2 is 1.85 bits per heavy atom. The first-order valence-corrected chi connectivity index (χ1v) is 12.4. The first-order valence-electron chi connectivity index (χ1n) is 11.4. The van der Waals surface area contributed by atoms with Crippen molar-refractivity contribution in [3.05, 3.63) is 83.7 Å². The summed E-state index contributed by atoms with van der Waals surface area (Å²) in [7, 11) is 0. The van der Waals surface area contributed by atoms with Gasteiger partial charge in [0.25, 0.3) is 5.91 Å². The van der Waals surface area contributed by atoms with Crippen molar-refractivity contribution in [1.82, 2.24) is 19.7 Å². The third-order valence-corrected chi connectivity index (χ3v) is 6.96. The van der Waals surface area contributed by atoms with Gasteiger partial charge in [-0.2, -0.15) is 0 Å². The number of allylic oxidation sites excluding steroid dienone is 1. The molecule has 0 aliphatic carbocycles. The number of thioether (sulfide) groups is 1. The first kappa shape index (κ1) is 23.8. The Labute approximate surface area is 204 Å². The Morgan fingerprint density at radius 1 is 1.12 bits per heavy atom. The molecule has 1 fully saturated rings. The van der Waals surface area contributed by atoms with Crippen molar-refractivity contribution >= 4 is 29.3 Å². The Morgan fingerprint density at radius 3 is 2.59 bits per heavy atom. The van der Waals surface area contributed by atoms with Gasteiger partial charge in [0.2, 0.25) is 5.91 Å². The fraction of sp³-hybridized carbons (Fsp3) is 0.308. The molecular weight excluding hydrogens is 446 g/mol. The van der Waals surface area contributed by atoms with Crippen LogP contribution in [0.4, 0.5) is 5.69 Å². The van der Waals surface area contributed by atoms with Crippen LogP contribution < -0.4 is 5.32 Å². The molecule has 1 aliphatic heterocycles. The average Bonchev–Trinajstić information content (AvgIpc) is 3.46. The summed E-state index contributed by atoms with van der Waals surface area (Å²) in [6, 6.07) is 15.2. The van der Waals surface area contributed by atoms with Crippen LogP contribution in [0.3, 0.4) is 0 Å². The van der Waals surface area contributed by atoms with E-state index in [0.29, 0.717) is 23.8 Å². The summed E-state index contributed by atoms with van der Waals surface area (Å²) in [5.41, 5.74) is 3.49. The van der Waals surface area contributed by atoms with Crippen LogP contribution in [0.2, 0.25) is 0 Å². The second-order valence-corrected chi connectivity index (χ2v) is 9.31. The molecule has 4 rings (SSSR count). The molecule has 0 bridgehead atoms. The first-order chi connectivity index (χ1) is 16.5. The summed E-state index contributed by atoms with van der Waals surface area (Å²) < 4.78 is 1.97. The van der Waals surface area contributed by atoms with Gasteiger partial charge in [0.1, 0.15) is 0 Å². The molecule has 1 aliphatic rings. The second-order valence-electron chi connectivity index (χ2n) is 8.36. The summed E-state index contributed by atoms with van der Waals surface area (Å²) >= 11 is 1.33. The normalized spacial score (nSPS) is 15.4. The van der Waals surface area contributed by atoms with Gasteiger partial charge in [0, 0.05) is 24.3 Å². The average molecular weight is 476 g/mol. The fourth-order valence-electron chi connectivity index (χ4n) is 4.23. The molecule has 0 radical (unpaired) electrons. The Balaban J connectivity index is 1.51. The summed E-state index contributed by atoms with van der Waals surface area (Å²) in [6.45, 7) is 8.97. The topological polar surface area (TPSA) is 80.1 Å². The number of para-hydroxylation sites is 1. The Hall–Kier alpha value is -3.39. The molecular formula is C26H29N5O2S. The number of aryl methyl sites for hydroxylation is 2. The van der Waals surface area contributed by atoms with Crippen LogP contribution in [0, 0.1) is 13.8 Å². The number of nitrogens with one attached hydrogen (secondary N) is 1. The fourth-order valence-corrected chi connectivity index (χ4v) is 4.98. The molecule has 3 aromatic rings. The van der Waals surface area contributed by atoms with Crippen molar-refractivity contribution in [3.8, 4) is 0 Å². The third kappa shape index (κ3) is 5.07. The molecule has 34 heavy (non-hydrogen) atoms. The number of carbonyl (C=O) groups is 2. The number of hydrogen-bond donors (Lipinski definition) is 1. The number of nitrogens with zero attached hydrogens (tertiary/aromatic N) is 4. The number of benzene rings is 2. The van der Waals surface area contributed by atoms with Gasteiger partial charge in [-0.1, -0.05) is 54.2 Å². The van der Waals surface area contributed by atoms with Gasteiger partial charge < -0.3 is 14.8 Å². The quantitative estimate of drug-likeness (QED) is 0.374. The smallest absolute Gasteiger partial charge is 0.254 e. The van der Waals surface area contributed by atoms with Gasteiger partial charge in [-0.15, -0.1) is 16.8 Å². The van der Waals surface area contributed by atoms with E-state index in [4.69, 9.17) is 0 Å². The van der Waals surface area contributed by atoms with Crippen LogP contribution in [-0.4, -0.2) is 43.8 Å². The second kappa shape index (κ2) is 10.7. The Bertz CT molecular complexity index is 1210. The summed E-state index contributed by atoms with van der Waals surface area (Å²) in [5, 5.41) is 12.4. The van der Waals surface area contributed by atoms with Crippen molar-refractivity contribution in [1.29, 1.82) is 0 Å². The molecule has 2 amide bonds.